The Morgan fingerprint density at radius 2 is 0.833 bits per heavy atom. The summed E-state index contributed by atoms with van der Waals surface area (Å²) in [4.78, 5) is 0. The van der Waals surface area contributed by atoms with E-state index in [1.807, 2.05) is 0 Å². The van der Waals surface area contributed by atoms with E-state index in [-0.39, 0.29) is 0 Å². The molecule has 0 bridgehead atoms. The van der Waals surface area contributed by atoms with E-state index in [9.17, 15) is 70.2 Å². The van der Waals surface area contributed by atoms with Crippen molar-refractivity contribution in [3.05, 3.63) is 0 Å². The highest BCUT2D eigenvalue weighted by molar-refractivity contribution is 7.65. The standard InChI is InChI=1S/C10H5Cl3F16Si/c11-30(12,13)5(19)7(22,23)9(26,27)10(28,29)8(24,25)6(20,21)3(16)1(14)2(15)4(17)18/h1-5H. The molecule has 0 saturated heterocycles. The maximum atomic E-state index is 13.4. The lowest BCUT2D eigenvalue weighted by Gasteiger charge is -2.41. The SMILES string of the molecule is FC(F)C(F)C(F)C(F)C(F)(F)C(F)(F)C(F)(F)C(F)(F)C(F)(F)C(F)[Si](Cl)(Cl)Cl. The van der Waals surface area contributed by atoms with Crippen molar-refractivity contribution in [1.29, 1.82) is 0 Å². The smallest absolute Gasteiger partial charge is 0.241 e. The average Bonchev–Trinajstić information content (AvgIpc) is 2.57. The fraction of sp³-hybridized carbons (Fsp3) is 1.00. The first-order valence-corrected chi connectivity index (χ1v) is 11.7. The third kappa shape index (κ3) is 4.67. The number of hydrogen-bond donors (Lipinski definition) is 0. The van der Waals surface area contributed by atoms with Crippen molar-refractivity contribution < 1.29 is 70.2 Å². The second kappa shape index (κ2) is 8.72. The monoisotopic (exact) mass is 562 g/mol. The molecule has 0 saturated carbocycles. The Balaban J connectivity index is 6.39. The zero-order valence-corrected chi connectivity index (χ0v) is 16.3. The zero-order valence-electron chi connectivity index (χ0n) is 13.1. The van der Waals surface area contributed by atoms with Gasteiger partial charge in [-0.25, -0.2) is 26.3 Å². The van der Waals surface area contributed by atoms with Crippen LogP contribution < -0.4 is 0 Å². The van der Waals surface area contributed by atoms with Crippen LogP contribution in [-0.2, 0) is 0 Å². The van der Waals surface area contributed by atoms with Gasteiger partial charge in [-0.3, -0.25) is 0 Å². The van der Waals surface area contributed by atoms with E-state index in [1.165, 1.54) is 0 Å². The summed E-state index contributed by atoms with van der Waals surface area (Å²) in [6, 6.07) is -5.77. The summed E-state index contributed by atoms with van der Waals surface area (Å²) in [5.74, 6) is -43.5. The molecular formula is C10H5Cl3F16Si. The van der Waals surface area contributed by atoms with Gasteiger partial charge in [0.1, 0.15) is 0 Å². The van der Waals surface area contributed by atoms with Gasteiger partial charge in [0, 0.05) is 0 Å². The normalized spacial score (nSPS) is 19.6. The summed E-state index contributed by atoms with van der Waals surface area (Å²) in [5, 5.41) is 0. The first-order valence-electron chi connectivity index (χ1n) is 6.63. The third-order valence-corrected chi connectivity index (χ3v) is 6.06. The summed E-state index contributed by atoms with van der Waals surface area (Å²) in [6.07, 6.45) is -20.0. The molecule has 0 aliphatic heterocycles. The molecule has 0 aromatic carbocycles. The van der Waals surface area contributed by atoms with Crippen molar-refractivity contribution in [2.45, 2.75) is 60.3 Å². The first kappa shape index (κ1) is 30.0. The van der Waals surface area contributed by atoms with Crippen LogP contribution in [0.15, 0.2) is 0 Å². The predicted octanol–water partition coefficient (Wildman–Crippen LogP) is 6.97. The molecule has 182 valence electrons. The summed E-state index contributed by atoms with van der Waals surface area (Å²) in [5.41, 5.74) is 0. The molecule has 0 radical (unpaired) electrons. The van der Waals surface area contributed by atoms with Crippen LogP contribution in [0.5, 0.6) is 0 Å². The minimum absolute atomic E-state index is 4.56. The molecule has 0 aliphatic carbocycles. The largest absolute Gasteiger partial charge is 0.384 e. The molecule has 0 nitrogen and oxygen atoms in total. The summed E-state index contributed by atoms with van der Waals surface area (Å²) in [6.45, 7) is 0. The molecule has 0 heterocycles. The van der Waals surface area contributed by atoms with Crippen LogP contribution in [0.1, 0.15) is 0 Å². The lowest BCUT2D eigenvalue weighted by Crippen LogP contribution is -2.72. The maximum absolute atomic E-state index is 13.4. The van der Waals surface area contributed by atoms with E-state index in [2.05, 4.69) is 33.2 Å². The number of hydrogen-bond acceptors (Lipinski definition) is 0. The second-order valence-corrected chi connectivity index (χ2v) is 14.2. The van der Waals surface area contributed by atoms with Gasteiger partial charge in [0.05, 0.1) is 0 Å². The van der Waals surface area contributed by atoms with E-state index in [4.69, 9.17) is 0 Å². The number of halogens is 19. The maximum Gasteiger partial charge on any atom is 0.384 e. The Labute approximate surface area is 170 Å². The average molecular weight is 564 g/mol. The Kier molecular flexibility index (Phi) is 8.71. The van der Waals surface area contributed by atoms with E-state index in [1.54, 1.807) is 0 Å². The molecule has 0 aromatic heterocycles. The fourth-order valence-electron chi connectivity index (χ4n) is 1.65. The molecular weight excluding hydrogens is 559 g/mol. The molecule has 4 unspecified atom stereocenters. The van der Waals surface area contributed by atoms with Crippen LogP contribution in [-0.4, -0.2) is 66.4 Å². The van der Waals surface area contributed by atoms with Gasteiger partial charge in [-0.2, -0.15) is 43.9 Å². The molecule has 0 N–H and O–H groups in total. The van der Waals surface area contributed by atoms with Crippen LogP contribution in [0.3, 0.4) is 0 Å². The van der Waals surface area contributed by atoms with Crippen LogP contribution in [0.4, 0.5) is 70.2 Å². The summed E-state index contributed by atoms with van der Waals surface area (Å²) < 4.78 is 210. The molecule has 0 fully saturated rings. The first-order chi connectivity index (χ1) is 12.8. The van der Waals surface area contributed by atoms with Crippen molar-refractivity contribution in [3.8, 4) is 0 Å². The van der Waals surface area contributed by atoms with Crippen LogP contribution in [0.2, 0.25) is 0 Å². The Hall–Kier alpha value is -0.0331. The van der Waals surface area contributed by atoms with Gasteiger partial charge in [0.2, 0.25) is 12.0 Å². The van der Waals surface area contributed by atoms with Gasteiger partial charge >= 0.3 is 35.6 Å². The molecule has 0 spiro atoms. The second-order valence-electron chi connectivity index (χ2n) is 5.50. The van der Waals surface area contributed by atoms with Crippen molar-refractivity contribution in [2.24, 2.45) is 0 Å². The molecule has 0 aliphatic rings. The van der Waals surface area contributed by atoms with Gasteiger partial charge < -0.3 is 0 Å². The Morgan fingerprint density at radius 1 is 0.500 bits per heavy atom. The summed E-state index contributed by atoms with van der Waals surface area (Å²) >= 11 is 13.7. The van der Waals surface area contributed by atoms with Crippen molar-refractivity contribution in [2.75, 3.05) is 0 Å². The third-order valence-electron chi connectivity index (χ3n) is 3.40. The minimum Gasteiger partial charge on any atom is -0.241 e. The van der Waals surface area contributed by atoms with Gasteiger partial charge in [-0.1, -0.05) is 0 Å². The summed E-state index contributed by atoms with van der Waals surface area (Å²) in [7, 11) is 0. The molecule has 20 heteroatoms. The molecule has 0 rings (SSSR count). The highest BCUT2D eigenvalue weighted by atomic mass is 35.8. The van der Waals surface area contributed by atoms with Crippen molar-refractivity contribution in [1.82, 2.24) is 0 Å². The number of alkyl halides is 16. The molecule has 0 aromatic rings. The highest BCUT2D eigenvalue weighted by Crippen LogP contribution is 2.60. The lowest BCUT2D eigenvalue weighted by molar-refractivity contribution is -0.412. The quantitative estimate of drug-likeness (QED) is 0.153. The zero-order chi connectivity index (χ0) is 24.9. The lowest BCUT2D eigenvalue weighted by atomic mass is 9.90. The van der Waals surface area contributed by atoms with Gasteiger partial charge in [-0.15, -0.1) is 33.2 Å². The topological polar surface area (TPSA) is 0 Å². The number of rotatable bonds is 10. The van der Waals surface area contributed by atoms with Crippen molar-refractivity contribution in [3.63, 3.8) is 0 Å². The van der Waals surface area contributed by atoms with Gasteiger partial charge in [-0.05, 0) is 0 Å². The van der Waals surface area contributed by atoms with E-state index < -0.39 is 66.4 Å². The Morgan fingerprint density at radius 3 is 1.13 bits per heavy atom. The minimum atomic E-state index is -8.12. The van der Waals surface area contributed by atoms with E-state index in [0.29, 0.717) is 0 Å². The molecule has 30 heavy (non-hydrogen) atoms. The Bertz CT molecular complexity index is 592. The van der Waals surface area contributed by atoms with E-state index >= 15 is 0 Å². The van der Waals surface area contributed by atoms with Crippen LogP contribution >= 0.6 is 33.2 Å². The van der Waals surface area contributed by atoms with Crippen LogP contribution in [0.25, 0.3) is 0 Å². The van der Waals surface area contributed by atoms with Gasteiger partial charge in [0.15, 0.2) is 12.3 Å². The fourth-order valence-corrected chi connectivity index (χ4v) is 3.48. The highest BCUT2D eigenvalue weighted by Gasteiger charge is 2.89. The molecule has 4 atom stereocenters. The predicted molar refractivity (Wildman–Crippen MR) is 73.6 cm³/mol. The van der Waals surface area contributed by atoms with Crippen molar-refractivity contribution >= 4 is 39.2 Å². The van der Waals surface area contributed by atoms with E-state index in [0.717, 1.165) is 0 Å². The molecule has 0 amide bonds. The van der Waals surface area contributed by atoms with Gasteiger partial charge in [0.25, 0.3) is 6.43 Å². The van der Waals surface area contributed by atoms with Crippen LogP contribution in [0, 0.1) is 0 Å².